The predicted octanol–water partition coefficient (Wildman–Crippen LogP) is 3.17. The van der Waals surface area contributed by atoms with Crippen molar-refractivity contribution in [1.82, 2.24) is 9.78 Å². The van der Waals surface area contributed by atoms with Gasteiger partial charge in [0.25, 0.3) is 0 Å². The summed E-state index contributed by atoms with van der Waals surface area (Å²) >= 11 is 0. The summed E-state index contributed by atoms with van der Waals surface area (Å²) in [6.07, 6.45) is 5.84. The number of hydrogen-bond donors (Lipinski definition) is 1. The Labute approximate surface area is 118 Å². The Hall–Kier alpha value is -1.68. The van der Waals surface area contributed by atoms with Gasteiger partial charge in [0.1, 0.15) is 11.5 Å². The van der Waals surface area contributed by atoms with E-state index in [4.69, 9.17) is 5.73 Å². The van der Waals surface area contributed by atoms with Gasteiger partial charge in [-0.3, -0.25) is 0 Å². The van der Waals surface area contributed by atoms with Crippen molar-refractivity contribution < 1.29 is 4.39 Å². The number of halogens is 1. The molecule has 0 radical (unpaired) electrons. The second kappa shape index (κ2) is 5.37. The molecule has 1 atom stereocenters. The van der Waals surface area contributed by atoms with Gasteiger partial charge < -0.3 is 5.73 Å². The van der Waals surface area contributed by atoms with Crippen LogP contribution in [0.3, 0.4) is 0 Å². The van der Waals surface area contributed by atoms with Crippen molar-refractivity contribution in [2.75, 3.05) is 0 Å². The van der Waals surface area contributed by atoms with Crippen molar-refractivity contribution >= 4 is 0 Å². The topological polar surface area (TPSA) is 43.8 Å². The van der Waals surface area contributed by atoms with Crippen LogP contribution < -0.4 is 5.73 Å². The summed E-state index contributed by atoms with van der Waals surface area (Å²) in [5.41, 5.74) is 8.42. The molecule has 1 fully saturated rings. The molecular weight excluding hydrogens is 253 g/mol. The second-order valence-electron chi connectivity index (χ2n) is 5.62. The van der Waals surface area contributed by atoms with E-state index in [-0.39, 0.29) is 11.9 Å². The van der Waals surface area contributed by atoms with E-state index in [1.165, 1.54) is 12.8 Å². The Morgan fingerprint density at radius 1 is 1.40 bits per heavy atom. The monoisotopic (exact) mass is 273 g/mol. The third-order valence-electron chi connectivity index (χ3n) is 3.89. The summed E-state index contributed by atoms with van der Waals surface area (Å²) in [4.78, 5) is 0. The van der Waals surface area contributed by atoms with Gasteiger partial charge in [-0.25, -0.2) is 9.07 Å². The highest BCUT2D eigenvalue weighted by molar-refractivity contribution is 5.36. The molecular formula is C16H20FN3. The van der Waals surface area contributed by atoms with Crippen molar-refractivity contribution in [2.45, 2.75) is 44.6 Å². The second-order valence-corrected chi connectivity index (χ2v) is 5.62. The fourth-order valence-electron chi connectivity index (χ4n) is 2.38. The zero-order chi connectivity index (χ0) is 14.1. The first-order chi connectivity index (χ1) is 9.67. The Balaban J connectivity index is 1.82. The lowest BCUT2D eigenvalue weighted by molar-refractivity contribution is 0.600. The molecule has 1 heterocycles. The highest BCUT2D eigenvalue weighted by Gasteiger charge is 2.26. The lowest BCUT2D eigenvalue weighted by Crippen LogP contribution is -2.21. The van der Waals surface area contributed by atoms with Crippen molar-refractivity contribution in [3.63, 3.8) is 0 Å². The third kappa shape index (κ3) is 2.75. The molecule has 0 saturated heterocycles. The summed E-state index contributed by atoms with van der Waals surface area (Å²) in [5, 5.41) is 4.46. The van der Waals surface area contributed by atoms with Gasteiger partial charge in [0.05, 0.1) is 5.69 Å². The van der Waals surface area contributed by atoms with Crippen molar-refractivity contribution in [2.24, 2.45) is 5.73 Å². The number of nitrogens with two attached hydrogens (primary N) is 1. The Morgan fingerprint density at radius 2 is 2.20 bits per heavy atom. The summed E-state index contributed by atoms with van der Waals surface area (Å²) in [7, 11) is 0. The predicted molar refractivity (Wildman–Crippen MR) is 77.5 cm³/mol. The van der Waals surface area contributed by atoms with Gasteiger partial charge in [-0.1, -0.05) is 13.0 Å². The lowest BCUT2D eigenvalue weighted by atomic mass is 10.0. The van der Waals surface area contributed by atoms with Crippen molar-refractivity contribution in [3.05, 3.63) is 47.5 Å². The van der Waals surface area contributed by atoms with Gasteiger partial charge in [-0.15, -0.1) is 0 Å². The molecule has 1 saturated carbocycles. The number of nitrogens with zero attached hydrogens (tertiary/aromatic N) is 2. The van der Waals surface area contributed by atoms with Crippen LogP contribution in [0.25, 0.3) is 5.69 Å². The summed E-state index contributed by atoms with van der Waals surface area (Å²) < 4.78 is 15.8. The van der Waals surface area contributed by atoms with Crippen molar-refractivity contribution in [1.29, 1.82) is 0 Å². The zero-order valence-corrected chi connectivity index (χ0v) is 11.7. The molecule has 20 heavy (non-hydrogen) atoms. The minimum atomic E-state index is -0.240. The number of hydrogen-bond acceptors (Lipinski definition) is 2. The van der Waals surface area contributed by atoms with Gasteiger partial charge in [-0.2, -0.15) is 5.10 Å². The maximum absolute atomic E-state index is 14.2. The van der Waals surface area contributed by atoms with E-state index >= 15 is 0 Å². The molecule has 0 aliphatic heterocycles. The largest absolute Gasteiger partial charge is 0.327 e. The van der Waals surface area contributed by atoms with E-state index in [0.29, 0.717) is 18.0 Å². The quantitative estimate of drug-likeness (QED) is 0.909. The number of rotatable bonds is 5. The van der Waals surface area contributed by atoms with Gasteiger partial charge in [0.15, 0.2) is 0 Å². The standard InChI is InChI=1S/C16H20FN3/c1-2-13(18)9-11-3-6-16(14(17)10-11)20-8-7-15(19-20)12-4-5-12/h3,6-8,10,12-13H,2,4-5,9,18H2,1H3. The SMILES string of the molecule is CCC(N)Cc1ccc(-n2ccc(C3CC3)n2)c(F)c1. The van der Waals surface area contributed by atoms with E-state index in [1.54, 1.807) is 16.8 Å². The third-order valence-corrected chi connectivity index (χ3v) is 3.89. The molecule has 3 rings (SSSR count). The van der Waals surface area contributed by atoms with Crippen LogP contribution in [0.5, 0.6) is 0 Å². The average Bonchev–Trinajstić information content (AvgIpc) is 3.17. The molecule has 0 bridgehead atoms. The summed E-state index contributed by atoms with van der Waals surface area (Å²) in [6.45, 7) is 2.04. The highest BCUT2D eigenvalue weighted by atomic mass is 19.1. The Bertz CT molecular complexity index is 602. The van der Waals surface area contributed by atoms with Gasteiger partial charge in [0, 0.05) is 18.2 Å². The van der Waals surface area contributed by atoms with Crippen LogP contribution in [-0.2, 0) is 6.42 Å². The molecule has 3 nitrogen and oxygen atoms in total. The minimum absolute atomic E-state index is 0.0893. The molecule has 1 aromatic carbocycles. The summed E-state index contributed by atoms with van der Waals surface area (Å²) in [5.74, 6) is 0.345. The molecule has 2 aromatic rings. The highest BCUT2D eigenvalue weighted by Crippen LogP contribution is 2.39. The number of benzene rings is 1. The van der Waals surface area contributed by atoms with E-state index in [2.05, 4.69) is 5.10 Å². The molecule has 4 heteroatoms. The van der Waals surface area contributed by atoms with E-state index in [0.717, 1.165) is 17.7 Å². The fraction of sp³-hybridized carbons (Fsp3) is 0.438. The first kappa shape index (κ1) is 13.3. The Morgan fingerprint density at radius 3 is 2.85 bits per heavy atom. The first-order valence-electron chi connectivity index (χ1n) is 7.27. The normalized spacial score (nSPS) is 16.4. The molecule has 0 amide bonds. The van der Waals surface area contributed by atoms with Gasteiger partial charge >= 0.3 is 0 Å². The van der Waals surface area contributed by atoms with E-state index < -0.39 is 0 Å². The van der Waals surface area contributed by atoms with Crippen LogP contribution in [0, 0.1) is 5.82 Å². The fourth-order valence-corrected chi connectivity index (χ4v) is 2.38. The van der Waals surface area contributed by atoms with Crippen LogP contribution in [0.1, 0.15) is 43.4 Å². The van der Waals surface area contributed by atoms with Gasteiger partial charge in [-0.05, 0) is 49.4 Å². The molecule has 2 N–H and O–H groups in total. The number of aromatic nitrogens is 2. The van der Waals surface area contributed by atoms with E-state index in [9.17, 15) is 4.39 Å². The van der Waals surface area contributed by atoms with Crippen LogP contribution in [-0.4, -0.2) is 15.8 Å². The molecule has 1 aromatic heterocycles. The summed E-state index contributed by atoms with van der Waals surface area (Å²) in [6, 6.07) is 7.37. The van der Waals surface area contributed by atoms with E-state index in [1.807, 2.05) is 25.3 Å². The molecule has 1 aliphatic rings. The maximum atomic E-state index is 14.2. The van der Waals surface area contributed by atoms with Gasteiger partial charge in [0.2, 0.25) is 0 Å². The molecule has 106 valence electrons. The van der Waals surface area contributed by atoms with Crippen LogP contribution >= 0.6 is 0 Å². The van der Waals surface area contributed by atoms with Crippen molar-refractivity contribution in [3.8, 4) is 5.69 Å². The van der Waals surface area contributed by atoms with Crippen LogP contribution in [0.4, 0.5) is 4.39 Å². The Kier molecular flexibility index (Phi) is 3.57. The molecule has 0 spiro atoms. The lowest BCUT2D eigenvalue weighted by Gasteiger charge is -2.10. The molecule has 1 unspecified atom stereocenters. The smallest absolute Gasteiger partial charge is 0.149 e. The average molecular weight is 273 g/mol. The minimum Gasteiger partial charge on any atom is -0.327 e. The van der Waals surface area contributed by atoms with Crippen LogP contribution in [0.15, 0.2) is 30.5 Å². The first-order valence-corrected chi connectivity index (χ1v) is 7.27. The maximum Gasteiger partial charge on any atom is 0.149 e. The van der Waals surface area contributed by atoms with Crippen LogP contribution in [0.2, 0.25) is 0 Å². The molecule has 1 aliphatic carbocycles. The zero-order valence-electron chi connectivity index (χ0n) is 11.7.